The van der Waals surface area contributed by atoms with Gasteiger partial charge in [-0.2, -0.15) is 0 Å². The molecule has 0 radical (unpaired) electrons. The summed E-state index contributed by atoms with van der Waals surface area (Å²) in [6.45, 7) is 0.932. The number of rotatable bonds is 2. The summed E-state index contributed by atoms with van der Waals surface area (Å²) in [5.74, 6) is 0.386. The van der Waals surface area contributed by atoms with Gasteiger partial charge in [-0.05, 0) is 43.7 Å². The summed E-state index contributed by atoms with van der Waals surface area (Å²) in [5.41, 5.74) is 6.71. The highest BCUT2D eigenvalue weighted by molar-refractivity contribution is 5.87. The number of nitrogens with zero attached hydrogens (tertiary/aromatic N) is 2. The van der Waals surface area contributed by atoms with Crippen molar-refractivity contribution < 1.29 is 9.90 Å². The quantitative estimate of drug-likeness (QED) is 0.867. The fraction of sp³-hybridized carbons (Fsp3) is 0.600. The molecule has 2 unspecified atom stereocenters. The van der Waals surface area contributed by atoms with Gasteiger partial charge in [0, 0.05) is 12.6 Å². The number of anilines is 2. The molecule has 1 aromatic rings. The average Bonchev–Trinajstić information content (AvgIpc) is 2.47. The average molecular weight is 275 g/mol. The molecule has 5 heteroatoms. The highest BCUT2D eigenvalue weighted by atomic mass is 16.4. The van der Waals surface area contributed by atoms with E-state index < -0.39 is 5.97 Å². The Balaban J connectivity index is 1.94. The Morgan fingerprint density at radius 1 is 1.25 bits per heavy atom. The number of carbonyl (C=O) groups is 1. The van der Waals surface area contributed by atoms with E-state index in [0.29, 0.717) is 23.5 Å². The van der Waals surface area contributed by atoms with Gasteiger partial charge < -0.3 is 15.7 Å². The van der Waals surface area contributed by atoms with Gasteiger partial charge in [0.25, 0.3) is 0 Å². The van der Waals surface area contributed by atoms with Crippen LogP contribution >= 0.6 is 0 Å². The first-order chi connectivity index (χ1) is 9.66. The van der Waals surface area contributed by atoms with E-state index in [4.69, 9.17) is 10.8 Å². The Bertz CT molecular complexity index is 516. The van der Waals surface area contributed by atoms with Crippen molar-refractivity contribution in [3.05, 3.63) is 17.8 Å². The molecule has 1 aliphatic heterocycles. The van der Waals surface area contributed by atoms with Crippen LogP contribution in [0.1, 0.15) is 49.0 Å². The van der Waals surface area contributed by atoms with Crippen molar-refractivity contribution in [2.75, 3.05) is 17.2 Å². The number of fused-ring (bicyclic) bond motifs is 1. The first kappa shape index (κ1) is 13.2. The zero-order valence-electron chi connectivity index (χ0n) is 11.6. The molecule has 1 aromatic heterocycles. The van der Waals surface area contributed by atoms with Gasteiger partial charge in [-0.15, -0.1) is 0 Å². The number of aromatic nitrogens is 1. The number of aromatic carboxylic acids is 1. The van der Waals surface area contributed by atoms with E-state index in [1.165, 1.54) is 38.2 Å². The number of nitrogens with two attached hydrogens (primary N) is 1. The molecule has 2 aliphatic rings. The van der Waals surface area contributed by atoms with E-state index in [1.54, 1.807) is 6.07 Å². The molecular weight excluding hydrogens is 254 g/mol. The highest BCUT2D eigenvalue weighted by Crippen LogP contribution is 2.38. The van der Waals surface area contributed by atoms with Gasteiger partial charge in [0.2, 0.25) is 0 Å². The van der Waals surface area contributed by atoms with Gasteiger partial charge in [-0.25, -0.2) is 9.78 Å². The van der Waals surface area contributed by atoms with Crippen LogP contribution in [0.25, 0.3) is 0 Å². The molecule has 0 bridgehead atoms. The van der Waals surface area contributed by atoms with Crippen LogP contribution in [0.4, 0.5) is 11.5 Å². The first-order valence-corrected chi connectivity index (χ1v) is 7.43. The fourth-order valence-electron chi connectivity index (χ4n) is 3.70. The summed E-state index contributed by atoms with van der Waals surface area (Å²) in [6, 6.07) is 3.62. The molecule has 0 spiro atoms. The lowest BCUT2D eigenvalue weighted by atomic mass is 9.78. The third-order valence-corrected chi connectivity index (χ3v) is 4.64. The summed E-state index contributed by atoms with van der Waals surface area (Å²) < 4.78 is 0. The lowest BCUT2D eigenvalue weighted by Gasteiger charge is -2.45. The van der Waals surface area contributed by atoms with E-state index in [9.17, 15) is 4.79 Å². The fourth-order valence-corrected chi connectivity index (χ4v) is 3.70. The number of carboxylic acids is 1. The number of hydrogen-bond acceptors (Lipinski definition) is 4. The van der Waals surface area contributed by atoms with Crippen LogP contribution in [0.5, 0.6) is 0 Å². The van der Waals surface area contributed by atoms with E-state index >= 15 is 0 Å². The van der Waals surface area contributed by atoms with Crippen molar-refractivity contribution in [1.82, 2.24) is 4.98 Å². The molecule has 1 saturated carbocycles. The van der Waals surface area contributed by atoms with Gasteiger partial charge in [0.05, 0.1) is 5.69 Å². The molecule has 1 aliphatic carbocycles. The summed E-state index contributed by atoms with van der Waals surface area (Å²) in [6.07, 6.45) is 7.42. The molecule has 2 fully saturated rings. The first-order valence-electron chi connectivity index (χ1n) is 7.43. The summed E-state index contributed by atoms with van der Waals surface area (Å²) >= 11 is 0. The molecule has 1 saturated heterocycles. The maximum absolute atomic E-state index is 11.1. The van der Waals surface area contributed by atoms with Crippen molar-refractivity contribution in [2.24, 2.45) is 5.92 Å². The predicted molar refractivity (Wildman–Crippen MR) is 77.9 cm³/mol. The lowest BCUT2D eigenvalue weighted by molar-refractivity contribution is 0.0690. The Morgan fingerprint density at radius 2 is 2.00 bits per heavy atom. The molecule has 20 heavy (non-hydrogen) atoms. The summed E-state index contributed by atoms with van der Waals surface area (Å²) in [5, 5.41) is 9.11. The Labute approximate surface area is 118 Å². The van der Waals surface area contributed by atoms with Gasteiger partial charge in [0.1, 0.15) is 0 Å². The molecule has 3 rings (SSSR count). The van der Waals surface area contributed by atoms with Crippen LogP contribution in [0.2, 0.25) is 0 Å². The normalized spacial score (nSPS) is 26.1. The second-order valence-electron chi connectivity index (χ2n) is 5.86. The van der Waals surface area contributed by atoms with Gasteiger partial charge in [-0.3, -0.25) is 0 Å². The number of hydrogen-bond donors (Lipinski definition) is 2. The molecule has 108 valence electrons. The molecular formula is C15H21N3O2. The van der Waals surface area contributed by atoms with Crippen molar-refractivity contribution in [3.63, 3.8) is 0 Å². The molecule has 0 amide bonds. The second-order valence-corrected chi connectivity index (χ2v) is 5.86. The van der Waals surface area contributed by atoms with E-state index in [0.717, 1.165) is 13.0 Å². The van der Waals surface area contributed by atoms with Crippen LogP contribution in [0, 0.1) is 5.92 Å². The number of nitrogen functional groups attached to an aromatic ring is 1. The lowest BCUT2D eigenvalue weighted by Crippen LogP contribution is -2.47. The summed E-state index contributed by atoms with van der Waals surface area (Å²) in [7, 11) is 0. The zero-order valence-corrected chi connectivity index (χ0v) is 11.6. The topological polar surface area (TPSA) is 79.5 Å². The van der Waals surface area contributed by atoms with Crippen molar-refractivity contribution in [3.8, 4) is 0 Å². The largest absolute Gasteiger partial charge is 0.477 e. The van der Waals surface area contributed by atoms with Crippen LogP contribution < -0.4 is 10.6 Å². The maximum atomic E-state index is 11.1. The number of carboxylic acid groups (broad SMARTS) is 1. The van der Waals surface area contributed by atoms with Crippen LogP contribution in [-0.2, 0) is 0 Å². The van der Waals surface area contributed by atoms with E-state index in [1.807, 2.05) is 0 Å². The van der Waals surface area contributed by atoms with Gasteiger partial charge in [0.15, 0.2) is 11.5 Å². The molecule has 2 heterocycles. The minimum atomic E-state index is -0.997. The van der Waals surface area contributed by atoms with Crippen LogP contribution in [-0.4, -0.2) is 28.6 Å². The third-order valence-electron chi connectivity index (χ3n) is 4.64. The molecule has 0 aromatic carbocycles. The monoisotopic (exact) mass is 275 g/mol. The summed E-state index contributed by atoms with van der Waals surface area (Å²) in [4.78, 5) is 17.7. The Morgan fingerprint density at radius 3 is 2.80 bits per heavy atom. The van der Waals surface area contributed by atoms with E-state index in [2.05, 4.69) is 9.88 Å². The smallest absolute Gasteiger partial charge is 0.354 e. The van der Waals surface area contributed by atoms with Crippen LogP contribution in [0.3, 0.4) is 0 Å². The van der Waals surface area contributed by atoms with Crippen LogP contribution in [0.15, 0.2) is 12.1 Å². The SMILES string of the molecule is Nc1ccc(C(=O)O)nc1N1CCCC2CCCCC21. The molecule has 5 nitrogen and oxygen atoms in total. The zero-order chi connectivity index (χ0) is 14.1. The number of piperidine rings is 1. The van der Waals surface area contributed by atoms with Crippen molar-refractivity contribution >= 4 is 17.5 Å². The second kappa shape index (κ2) is 5.31. The predicted octanol–water partition coefficient (Wildman–Crippen LogP) is 2.52. The Hall–Kier alpha value is -1.78. The van der Waals surface area contributed by atoms with Gasteiger partial charge >= 0.3 is 5.97 Å². The van der Waals surface area contributed by atoms with Gasteiger partial charge in [-0.1, -0.05) is 12.8 Å². The number of pyridine rings is 1. The Kier molecular flexibility index (Phi) is 3.51. The standard InChI is InChI=1S/C15H21N3O2/c16-11-7-8-12(15(19)20)17-14(11)18-9-3-5-10-4-1-2-6-13(10)18/h7-8,10,13H,1-6,9,16H2,(H,19,20). The van der Waals surface area contributed by atoms with Crippen molar-refractivity contribution in [1.29, 1.82) is 0 Å². The minimum Gasteiger partial charge on any atom is -0.477 e. The molecule has 3 N–H and O–H groups in total. The minimum absolute atomic E-state index is 0.0760. The van der Waals surface area contributed by atoms with Crippen molar-refractivity contribution in [2.45, 2.75) is 44.6 Å². The molecule has 2 atom stereocenters. The third kappa shape index (κ3) is 2.32. The highest BCUT2D eigenvalue weighted by Gasteiger charge is 2.34. The maximum Gasteiger partial charge on any atom is 0.354 e. The van der Waals surface area contributed by atoms with E-state index in [-0.39, 0.29) is 5.69 Å².